The van der Waals surface area contributed by atoms with Crippen molar-refractivity contribution < 1.29 is 9.59 Å². The van der Waals surface area contributed by atoms with Gasteiger partial charge in [0.25, 0.3) is 5.91 Å². The summed E-state index contributed by atoms with van der Waals surface area (Å²) in [6, 6.07) is 7.30. The molecule has 33 heavy (non-hydrogen) atoms. The topological polar surface area (TPSA) is 61.4 Å². The number of nitrogens with one attached hydrogen (secondary N) is 2. The Balaban J connectivity index is 1.25. The lowest BCUT2D eigenvalue weighted by atomic mass is 9.79. The van der Waals surface area contributed by atoms with Crippen LogP contribution in [0.1, 0.15) is 92.6 Å². The minimum atomic E-state index is -0.386. The van der Waals surface area contributed by atoms with Gasteiger partial charge in [-0.05, 0) is 74.0 Å². The van der Waals surface area contributed by atoms with Crippen molar-refractivity contribution in [3.05, 3.63) is 47.2 Å². The predicted octanol–water partition coefficient (Wildman–Crippen LogP) is 4.70. The first-order valence-electron chi connectivity index (χ1n) is 13.2. The number of piperidine rings is 1. The maximum absolute atomic E-state index is 13.0. The van der Waals surface area contributed by atoms with Gasteiger partial charge in [0.05, 0.1) is 0 Å². The van der Waals surface area contributed by atoms with Gasteiger partial charge in [0.15, 0.2) is 0 Å². The summed E-state index contributed by atoms with van der Waals surface area (Å²) in [5.74, 6) is 1.41. The highest BCUT2D eigenvalue weighted by Gasteiger charge is 2.38. The molecule has 5 rings (SSSR count). The van der Waals surface area contributed by atoms with E-state index < -0.39 is 0 Å². The molecule has 2 amide bonds. The number of nitrogens with zero attached hydrogens (tertiary/aromatic N) is 1. The van der Waals surface area contributed by atoms with Crippen molar-refractivity contribution in [3.8, 4) is 0 Å². The van der Waals surface area contributed by atoms with E-state index in [1.54, 1.807) is 4.90 Å². The number of hydrogen-bond donors (Lipinski definition) is 2. The van der Waals surface area contributed by atoms with Crippen LogP contribution in [0.15, 0.2) is 30.5 Å². The fourth-order valence-electron chi connectivity index (χ4n) is 6.70. The molecule has 0 radical (unpaired) electrons. The molecule has 2 N–H and O–H groups in total. The van der Waals surface area contributed by atoms with E-state index in [0.717, 1.165) is 35.6 Å². The summed E-state index contributed by atoms with van der Waals surface area (Å²) in [6.07, 6.45) is 13.1. The van der Waals surface area contributed by atoms with Gasteiger partial charge < -0.3 is 15.5 Å². The van der Waals surface area contributed by atoms with Gasteiger partial charge in [-0.2, -0.15) is 0 Å². The van der Waals surface area contributed by atoms with E-state index in [1.165, 1.54) is 56.9 Å². The molecule has 0 bridgehead atoms. The molecule has 5 nitrogen and oxygen atoms in total. The zero-order valence-corrected chi connectivity index (χ0v) is 20.1. The Bertz CT molecular complexity index is 926. The second-order valence-corrected chi connectivity index (χ2v) is 11.1. The van der Waals surface area contributed by atoms with Gasteiger partial charge in [0.1, 0.15) is 6.04 Å². The summed E-state index contributed by atoms with van der Waals surface area (Å²) >= 11 is 0. The quantitative estimate of drug-likeness (QED) is 0.685. The number of fused-ring (bicyclic) bond motifs is 1. The fraction of sp³-hybridized carbons (Fsp3) is 0.643. The van der Waals surface area contributed by atoms with E-state index in [-0.39, 0.29) is 17.9 Å². The van der Waals surface area contributed by atoms with Gasteiger partial charge in [-0.15, -0.1) is 0 Å². The van der Waals surface area contributed by atoms with Crippen molar-refractivity contribution in [2.45, 2.75) is 102 Å². The summed E-state index contributed by atoms with van der Waals surface area (Å²) in [5.41, 5.74) is 3.93. The van der Waals surface area contributed by atoms with Crippen molar-refractivity contribution in [1.29, 1.82) is 0 Å². The zero-order chi connectivity index (χ0) is 22.9. The van der Waals surface area contributed by atoms with Gasteiger partial charge in [-0.1, -0.05) is 51.3 Å². The van der Waals surface area contributed by atoms with Gasteiger partial charge in [-0.25, -0.2) is 0 Å². The van der Waals surface area contributed by atoms with Gasteiger partial charge >= 0.3 is 0 Å². The van der Waals surface area contributed by atoms with E-state index in [4.69, 9.17) is 0 Å². The molecule has 2 aliphatic carbocycles. The molecule has 3 fully saturated rings. The zero-order valence-electron chi connectivity index (χ0n) is 20.1. The Kier molecular flexibility index (Phi) is 6.60. The Labute approximate surface area is 198 Å². The molecule has 2 saturated carbocycles. The third kappa shape index (κ3) is 4.89. The minimum absolute atomic E-state index is 0.00663. The number of benzene rings is 1. The molecule has 5 heteroatoms. The first-order chi connectivity index (χ1) is 16.0. The molecule has 0 spiro atoms. The molecule has 1 aromatic rings. The summed E-state index contributed by atoms with van der Waals surface area (Å²) in [7, 11) is 0. The maximum Gasteiger partial charge on any atom is 0.255 e. The molecule has 178 valence electrons. The Morgan fingerprint density at radius 2 is 1.94 bits per heavy atom. The van der Waals surface area contributed by atoms with E-state index in [9.17, 15) is 9.59 Å². The molecule has 2 heterocycles. The number of allylic oxidation sites excluding steroid dienone is 1. The van der Waals surface area contributed by atoms with E-state index in [0.29, 0.717) is 31.0 Å². The monoisotopic (exact) mass is 449 g/mol. The second kappa shape index (κ2) is 9.61. The predicted molar refractivity (Wildman–Crippen MR) is 131 cm³/mol. The van der Waals surface area contributed by atoms with Crippen molar-refractivity contribution in [2.24, 2.45) is 11.8 Å². The molecule has 1 aromatic carbocycles. The Morgan fingerprint density at radius 1 is 1.09 bits per heavy atom. The van der Waals surface area contributed by atoms with Crippen LogP contribution in [0.5, 0.6) is 0 Å². The van der Waals surface area contributed by atoms with Crippen LogP contribution < -0.4 is 10.6 Å². The first-order valence-corrected chi connectivity index (χ1v) is 13.2. The second-order valence-electron chi connectivity index (χ2n) is 11.1. The fourth-order valence-corrected chi connectivity index (χ4v) is 6.70. The summed E-state index contributed by atoms with van der Waals surface area (Å²) < 4.78 is 0. The Morgan fingerprint density at radius 3 is 2.76 bits per heavy atom. The molecular weight excluding hydrogens is 410 g/mol. The molecule has 4 aliphatic rings. The van der Waals surface area contributed by atoms with Gasteiger partial charge in [-0.3, -0.25) is 9.59 Å². The molecule has 1 saturated heterocycles. The third-order valence-corrected chi connectivity index (χ3v) is 8.49. The van der Waals surface area contributed by atoms with Crippen LogP contribution in [0.4, 0.5) is 0 Å². The van der Waals surface area contributed by atoms with E-state index in [1.807, 2.05) is 6.07 Å². The van der Waals surface area contributed by atoms with Gasteiger partial charge in [0, 0.05) is 29.9 Å². The average Bonchev–Trinajstić information content (AvgIpc) is 3.11. The number of carbonyl (C=O) groups excluding carboxylic acids is 2. The van der Waals surface area contributed by atoms with Crippen LogP contribution in [0, 0.1) is 11.8 Å². The van der Waals surface area contributed by atoms with Crippen LogP contribution in [-0.4, -0.2) is 34.8 Å². The molecule has 2 aliphatic heterocycles. The van der Waals surface area contributed by atoms with Crippen molar-refractivity contribution in [3.63, 3.8) is 0 Å². The molecular formula is C28H39N3O2. The average molecular weight is 450 g/mol. The van der Waals surface area contributed by atoms with Crippen molar-refractivity contribution in [1.82, 2.24) is 15.5 Å². The van der Waals surface area contributed by atoms with Crippen LogP contribution in [0.2, 0.25) is 0 Å². The number of rotatable bonds is 5. The summed E-state index contributed by atoms with van der Waals surface area (Å²) in [5, 5.41) is 6.89. The first kappa shape index (κ1) is 22.6. The third-order valence-electron chi connectivity index (χ3n) is 8.49. The normalized spacial score (nSPS) is 32.6. The highest BCUT2D eigenvalue weighted by Crippen LogP contribution is 2.33. The number of amides is 2. The van der Waals surface area contributed by atoms with E-state index in [2.05, 4.69) is 36.3 Å². The lowest BCUT2D eigenvalue weighted by molar-refractivity contribution is -0.126. The largest absolute Gasteiger partial charge is 0.329 e. The van der Waals surface area contributed by atoms with Crippen LogP contribution in [0.3, 0.4) is 0 Å². The summed E-state index contributed by atoms with van der Waals surface area (Å²) in [4.78, 5) is 27.3. The molecule has 1 unspecified atom stereocenters. The van der Waals surface area contributed by atoms with Gasteiger partial charge in [0.2, 0.25) is 5.91 Å². The highest BCUT2D eigenvalue weighted by atomic mass is 16.2. The lowest BCUT2D eigenvalue weighted by Gasteiger charge is -2.38. The SMILES string of the molecule is C=C1CCC(N2Cc3cc(C[C@H]4CCCC[C@@H]4N[C@H]4CCC[C@H](C)C4)ccc3C2=O)C(=O)N1. The van der Waals surface area contributed by atoms with E-state index >= 15 is 0 Å². The van der Waals surface area contributed by atoms with Crippen LogP contribution >= 0.6 is 0 Å². The number of carbonyl (C=O) groups is 2. The molecule has 0 aromatic heterocycles. The van der Waals surface area contributed by atoms with Crippen molar-refractivity contribution in [2.75, 3.05) is 0 Å². The molecule has 5 atom stereocenters. The standard InChI is InChI=1S/C28H39N3O2/c1-18-6-5-8-23(14-18)30-25-9-4-3-7-21(25)15-20-11-12-24-22(16-20)17-31(28(24)33)26-13-10-19(2)29-27(26)32/h11-12,16,18,21,23,25-26,30H,2-10,13-15,17H2,1H3,(H,29,32)/t18-,21+,23-,25-,26?/m0/s1. The summed E-state index contributed by atoms with van der Waals surface area (Å²) in [6.45, 7) is 6.80. The van der Waals surface area contributed by atoms with Crippen LogP contribution in [0.25, 0.3) is 0 Å². The lowest BCUT2D eigenvalue weighted by Crippen LogP contribution is -2.49. The highest BCUT2D eigenvalue weighted by molar-refractivity contribution is 6.01. The Hall–Kier alpha value is -2.14. The number of hydrogen-bond acceptors (Lipinski definition) is 3. The smallest absolute Gasteiger partial charge is 0.255 e. The maximum atomic E-state index is 13.0. The van der Waals surface area contributed by atoms with Crippen molar-refractivity contribution >= 4 is 11.8 Å². The van der Waals surface area contributed by atoms with Crippen LogP contribution in [-0.2, 0) is 17.8 Å². The minimum Gasteiger partial charge on any atom is -0.329 e.